The van der Waals surface area contributed by atoms with Gasteiger partial charge < -0.3 is 15.4 Å². The number of carbonyl (C=O) groups excluding carboxylic acids is 1. The van der Waals surface area contributed by atoms with Crippen LogP contribution in [0.15, 0.2) is 36.9 Å². The second kappa shape index (κ2) is 8.23. The number of methoxy groups -OCH3 is 1. The molecule has 0 atom stereocenters. The van der Waals surface area contributed by atoms with E-state index in [1.54, 1.807) is 18.1 Å². The Morgan fingerprint density at radius 1 is 1.42 bits per heavy atom. The molecule has 2 heterocycles. The minimum absolute atomic E-state index is 0. The number of carbonyl (C=O) groups is 1. The van der Waals surface area contributed by atoms with Crippen molar-refractivity contribution >= 4 is 18.3 Å². The van der Waals surface area contributed by atoms with Crippen LogP contribution in [0.4, 0.5) is 0 Å². The minimum Gasteiger partial charge on any atom is -0.368 e. The first-order valence-electron chi connectivity index (χ1n) is 7.72. The van der Waals surface area contributed by atoms with Crippen LogP contribution in [0.2, 0.25) is 0 Å². The van der Waals surface area contributed by atoms with Crippen LogP contribution >= 0.6 is 12.4 Å². The molecule has 1 aromatic heterocycles. The van der Waals surface area contributed by atoms with Gasteiger partial charge in [0.2, 0.25) is 0 Å². The molecule has 1 saturated heterocycles. The highest BCUT2D eigenvalue weighted by molar-refractivity contribution is 5.85. The van der Waals surface area contributed by atoms with Gasteiger partial charge in [-0.2, -0.15) is 5.10 Å². The summed E-state index contributed by atoms with van der Waals surface area (Å²) in [6.07, 6.45) is 4.52. The van der Waals surface area contributed by atoms with Crippen LogP contribution in [0.3, 0.4) is 0 Å². The van der Waals surface area contributed by atoms with E-state index >= 15 is 0 Å². The SMILES string of the molecule is COC1(C(=O)NCc2cccc(-n3cncn3)c2)CCNCC1.Cl. The van der Waals surface area contributed by atoms with E-state index in [1.807, 2.05) is 24.3 Å². The fourth-order valence-electron chi connectivity index (χ4n) is 2.85. The van der Waals surface area contributed by atoms with Gasteiger partial charge in [-0.05, 0) is 43.6 Å². The fraction of sp³-hybridized carbons (Fsp3) is 0.438. The molecule has 0 radical (unpaired) electrons. The van der Waals surface area contributed by atoms with Crippen molar-refractivity contribution in [1.82, 2.24) is 25.4 Å². The zero-order valence-corrected chi connectivity index (χ0v) is 14.4. The van der Waals surface area contributed by atoms with Gasteiger partial charge in [-0.1, -0.05) is 12.1 Å². The molecule has 130 valence electrons. The zero-order valence-electron chi connectivity index (χ0n) is 13.6. The third kappa shape index (κ3) is 3.92. The van der Waals surface area contributed by atoms with Gasteiger partial charge in [-0.3, -0.25) is 4.79 Å². The highest BCUT2D eigenvalue weighted by Gasteiger charge is 2.39. The van der Waals surface area contributed by atoms with Crippen molar-refractivity contribution < 1.29 is 9.53 Å². The second-order valence-electron chi connectivity index (χ2n) is 5.64. The molecule has 1 aliphatic heterocycles. The number of nitrogens with zero attached hydrogens (tertiary/aromatic N) is 3. The lowest BCUT2D eigenvalue weighted by Gasteiger charge is -2.34. The van der Waals surface area contributed by atoms with E-state index in [9.17, 15) is 4.79 Å². The average Bonchev–Trinajstić information content (AvgIpc) is 3.15. The molecule has 24 heavy (non-hydrogen) atoms. The summed E-state index contributed by atoms with van der Waals surface area (Å²) in [5.41, 5.74) is 1.21. The fourth-order valence-corrected chi connectivity index (χ4v) is 2.85. The quantitative estimate of drug-likeness (QED) is 0.842. The largest absolute Gasteiger partial charge is 0.368 e. The third-order valence-corrected chi connectivity index (χ3v) is 4.26. The van der Waals surface area contributed by atoms with Crippen LogP contribution in [-0.4, -0.2) is 46.5 Å². The first kappa shape index (κ1) is 18.4. The van der Waals surface area contributed by atoms with Crippen LogP contribution in [0.25, 0.3) is 5.69 Å². The van der Waals surface area contributed by atoms with E-state index in [-0.39, 0.29) is 18.3 Å². The maximum atomic E-state index is 12.5. The maximum Gasteiger partial charge on any atom is 0.252 e. The van der Waals surface area contributed by atoms with Crippen molar-refractivity contribution in [3.05, 3.63) is 42.5 Å². The van der Waals surface area contributed by atoms with E-state index in [0.29, 0.717) is 19.4 Å². The Balaban J connectivity index is 0.00000208. The van der Waals surface area contributed by atoms with Gasteiger partial charge in [0.05, 0.1) is 5.69 Å². The molecule has 1 aromatic carbocycles. The molecule has 2 N–H and O–H groups in total. The van der Waals surface area contributed by atoms with E-state index in [4.69, 9.17) is 4.74 Å². The number of piperidine rings is 1. The standard InChI is InChI=1S/C16H21N5O2.ClH/c1-23-16(5-7-17-8-6-16)15(22)19-10-13-3-2-4-14(9-13)21-12-18-11-20-21;/h2-4,9,11-12,17H,5-8,10H2,1H3,(H,19,22);1H. The number of ether oxygens (including phenoxy) is 1. The van der Waals surface area contributed by atoms with Gasteiger partial charge in [-0.15, -0.1) is 12.4 Å². The van der Waals surface area contributed by atoms with Crippen molar-refractivity contribution in [3.63, 3.8) is 0 Å². The molecule has 0 saturated carbocycles. The molecule has 2 aromatic rings. The predicted molar refractivity (Wildman–Crippen MR) is 92.3 cm³/mol. The van der Waals surface area contributed by atoms with Crippen molar-refractivity contribution in [1.29, 1.82) is 0 Å². The summed E-state index contributed by atoms with van der Waals surface area (Å²) in [6.45, 7) is 2.05. The highest BCUT2D eigenvalue weighted by atomic mass is 35.5. The van der Waals surface area contributed by atoms with Crippen molar-refractivity contribution in [2.45, 2.75) is 25.0 Å². The summed E-state index contributed by atoms with van der Waals surface area (Å²) in [5, 5.41) is 10.4. The molecule has 8 heteroatoms. The molecule has 0 unspecified atom stereocenters. The van der Waals surface area contributed by atoms with E-state index in [0.717, 1.165) is 24.3 Å². The number of rotatable bonds is 5. The molecule has 1 amide bonds. The Morgan fingerprint density at radius 3 is 2.88 bits per heavy atom. The lowest BCUT2D eigenvalue weighted by molar-refractivity contribution is -0.146. The maximum absolute atomic E-state index is 12.5. The Bertz CT molecular complexity index is 656. The summed E-state index contributed by atoms with van der Waals surface area (Å²) in [6, 6.07) is 7.85. The summed E-state index contributed by atoms with van der Waals surface area (Å²) >= 11 is 0. The Kier molecular flexibility index (Phi) is 6.30. The van der Waals surface area contributed by atoms with E-state index < -0.39 is 5.60 Å². The highest BCUT2D eigenvalue weighted by Crippen LogP contribution is 2.22. The van der Waals surface area contributed by atoms with Crippen LogP contribution in [0.1, 0.15) is 18.4 Å². The Morgan fingerprint density at radius 2 is 2.21 bits per heavy atom. The molecule has 1 fully saturated rings. The van der Waals surface area contributed by atoms with Gasteiger partial charge >= 0.3 is 0 Å². The van der Waals surface area contributed by atoms with Gasteiger partial charge in [0, 0.05) is 13.7 Å². The first-order valence-corrected chi connectivity index (χ1v) is 7.72. The second-order valence-corrected chi connectivity index (χ2v) is 5.64. The van der Waals surface area contributed by atoms with Crippen LogP contribution < -0.4 is 10.6 Å². The zero-order chi connectivity index (χ0) is 16.1. The molecule has 0 bridgehead atoms. The number of halogens is 1. The summed E-state index contributed by atoms with van der Waals surface area (Å²) in [7, 11) is 1.61. The molecule has 0 aliphatic carbocycles. The van der Waals surface area contributed by atoms with Crippen LogP contribution in [-0.2, 0) is 16.1 Å². The summed E-state index contributed by atoms with van der Waals surface area (Å²) in [4.78, 5) is 16.5. The summed E-state index contributed by atoms with van der Waals surface area (Å²) in [5.74, 6) is -0.0485. The smallest absolute Gasteiger partial charge is 0.252 e. The van der Waals surface area contributed by atoms with Crippen molar-refractivity contribution in [2.75, 3.05) is 20.2 Å². The Hall–Kier alpha value is -1.96. The molecule has 3 rings (SSSR count). The normalized spacial score (nSPS) is 16.2. The lowest BCUT2D eigenvalue weighted by atomic mass is 9.91. The minimum atomic E-state index is -0.714. The number of aromatic nitrogens is 3. The number of benzene rings is 1. The molecule has 1 aliphatic rings. The number of hydrogen-bond acceptors (Lipinski definition) is 5. The van der Waals surface area contributed by atoms with Crippen LogP contribution in [0.5, 0.6) is 0 Å². The summed E-state index contributed by atoms with van der Waals surface area (Å²) < 4.78 is 7.23. The topological polar surface area (TPSA) is 81.1 Å². The molecular formula is C16H22ClN5O2. The number of hydrogen-bond donors (Lipinski definition) is 2. The number of nitrogens with one attached hydrogen (secondary N) is 2. The Labute approximate surface area is 147 Å². The average molecular weight is 352 g/mol. The molecule has 7 nitrogen and oxygen atoms in total. The van der Waals surface area contributed by atoms with E-state index in [1.165, 1.54) is 6.33 Å². The van der Waals surface area contributed by atoms with Crippen molar-refractivity contribution in [2.24, 2.45) is 0 Å². The monoisotopic (exact) mass is 351 g/mol. The van der Waals surface area contributed by atoms with Gasteiger partial charge in [-0.25, -0.2) is 9.67 Å². The predicted octanol–water partition coefficient (Wildman–Crippen LogP) is 1.07. The molecular weight excluding hydrogens is 330 g/mol. The number of amides is 1. The van der Waals surface area contributed by atoms with Gasteiger partial charge in [0.1, 0.15) is 18.3 Å². The van der Waals surface area contributed by atoms with Gasteiger partial charge in [0.15, 0.2) is 0 Å². The van der Waals surface area contributed by atoms with E-state index in [2.05, 4.69) is 20.7 Å². The molecule has 0 spiro atoms. The van der Waals surface area contributed by atoms with Gasteiger partial charge in [0.25, 0.3) is 5.91 Å². The lowest BCUT2D eigenvalue weighted by Crippen LogP contribution is -2.53. The van der Waals surface area contributed by atoms with Crippen molar-refractivity contribution in [3.8, 4) is 5.69 Å². The third-order valence-electron chi connectivity index (χ3n) is 4.26. The van der Waals surface area contributed by atoms with Crippen LogP contribution in [0, 0.1) is 0 Å². The first-order chi connectivity index (χ1) is 11.2.